The molecule has 0 aliphatic heterocycles. The minimum atomic E-state index is -1.26. The number of carbonyl (C=O) groups is 1. The molecule has 3 aromatic rings. The van der Waals surface area contributed by atoms with E-state index in [1.54, 1.807) is 22.8 Å². The van der Waals surface area contributed by atoms with Gasteiger partial charge in [0, 0.05) is 17.8 Å². The smallest absolute Gasteiger partial charge is 0.329 e. The monoisotopic (exact) mass is 379 g/mol. The second kappa shape index (κ2) is 6.77. The molecule has 2 heterocycles. The van der Waals surface area contributed by atoms with Gasteiger partial charge < -0.3 is 14.5 Å². The maximum Gasteiger partial charge on any atom is 0.329 e. The van der Waals surface area contributed by atoms with Crippen LogP contribution in [0, 0.1) is 0 Å². The molecule has 0 aliphatic rings. The Morgan fingerprint density at radius 3 is 2.84 bits per heavy atom. The Kier molecular flexibility index (Phi) is 4.69. The molecule has 0 aliphatic carbocycles. The van der Waals surface area contributed by atoms with Gasteiger partial charge in [-0.2, -0.15) is 0 Å². The summed E-state index contributed by atoms with van der Waals surface area (Å²) >= 11 is 6.91. The van der Waals surface area contributed by atoms with Crippen molar-refractivity contribution in [1.82, 2.24) is 19.1 Å². The number of H-pyrrole nitrogens is 1. The number of hydrogen-bond donors (Lipinski definition) is 1. The third kappa shape index (κ3) is 3.47. The second-order valence-corrected chi connectivity index (χ2v) is 6.64. The zero-order valence-electron chi connectivity index (χ0n) is 13.0. The molecule has 10 heteroatoms. The molecule has 25 heavy (non-hydrogen) atoms. The summed E-state index contributed by atoms with van der Waals surface area (Å²) in [5, 5.41) is 11.6. The average Bonchev–Trinajstić information content (AvgIpc) is 2.90. The number of hydrogen-bond acceptors (Lipinski definition) is 6. The highest BCUT2D eigenvalue weighted by Gasteiger charge is 2.18. The molecule has 0 fully saturated rings. The lowest BCUT2D eigenvalue weighted by Crippen LogP contribution is -2.29. The van der Waals surface area contributed by atoms with Crippen LogP contribution in [-0.4, -0.2) is 30.8 Å². The van der Waals surface area contributed by atoms with Crippen molar-refractivity contribution in [3.05, 3.63) is 55.7 Å². The minimum Gasteiger partial charge on any atom is -0.549 e. The van der Waals surface area contributed by atoms with Gasteiger partial charge in [0.25, 0.3) is 5.56 Å². The van der Waals surface area contributed by atoms with Gasteiger partial charge in [0.1, 0.15) is 0 Å². The Bertz CT molecular complexity index is 1090. The summed E-state index contributed by atoms with van der Waals surface area (Å²) < 4.78 is 2.77. The molecule has 0 spiro atoms. The molecule has 8 nitrogen and oxygen atoms in total. The summed E-state index contributed by atoms with van der Waals surface area (Å²) in [6.45, 7) is 0.244. The Morgan fingerprint density at radius 1 is 1.40 bits per heavy atom. The summed E-state index contributed by atoms with van der Waals surface area (Å²) in [4.78, 5) is 41.3. The van der Waals surface area contributed by atoms with E-state index in [-0.39, 0.29) is 23.5 Å². The molecule has 130 valence electrons. The molecule has 1 N–H and O–H groups in total. The number of aromatic nitrogens is 4. The van der Waals surface area contributed by atoms with Crippen molar-refractivity contribution in [3.8, 4) is 0 Å². The van der Waals surface area contributed by atoms with E-state index in [9.17, 15) is 19.5 Å². The number of carbonyl (C=O) groups excluding carboxylic acids is 1. The number of rotatable bonds is 5. The van der Waals surface area contributed by atoms with E-state index in [2.05, 4.69) is 9.97 Å². The molecule has 0 saturated carbocycles. The molecular formula is C15H12ClN4O4S-. The van der Waals surface area contributed by atoms with Crippen molar-refractivity contribution in [2.24, 2.45) is 7.05 Å². The van der Waals surface area contributed by atoms with Gasteiger partial charge >= 0.3 is 5.69 Å². The van der Waals surface area contributed by atoms with Crippen LogP contribution in [0.15, 0.2) is 39.0 Å². The first kappa shape index (κ1) is 17.3. The summed E-state index contributed by atoms with van der Waals surface area (Å²) in [7, 11) is 1.48. The van der Waals surface area contributed by atoms with Gasteiger partial charge in [-0.3, -0.25) is 14.3 Å². The minimum absolute atomic E-state index is 0.177. The fourth-order valence-electron chi connectivity index (χ4n) is 2.41. The topological polar surface area (TPSA) is 113 Å². The summed E-state index contributed by atoms with van der Waals surface area (Å²) in [6, 6.07) is 7.04. The standard InChI is InChI=1S/C15H13ClN4O4S/c1-19-12-11(13(23)18-14(19)24)20(15(17-12)25-7-10(21)22)6-8-3-2-4-9(16)5-8/h2-5H,6-7H2,1H3,(H,21,22)(H,18,23,24)/p-1. The van der Waals surface area contributed by atoms with Crippen LogP contribution in [0.5, 0.6) is 0 Å². The van der Waals surface area contributed by atoms with Crippen molar-refractivity contribution in [3.63, 3.8) is 0 Å². The predicted octanol–water partition coefficient (Wildman–Crippen LogP) is -0.0330. The van der Waals surface area contributed by atoms with Gasteiger partial charge in [-0.25, -0.2) is 9.78 Å². The van der Waals surface area contributed by atoms with Crippen molar-refractivity contribution >= 4 is 40.5 Å². The molecular weight excluding hydrogens is 368 g/mol. The molecule has 0 amide bonds. The average molecular weight is 380 g/mol. The second-order valence-electron chi connectivity index (χ2n) is 5.26. The number of halogens is 1. The lowest BCUT2D eigenvalue weighted by molar-refractivity contribution is -0.301. The van der Waals surface area contributed by atoms with E-state index in [1.807, 2.05) is 6.07 Å². The normalized spacial score (nSPS) is 11.1. The number of thioether (sulfide) groups is 1. The maximum absolute atomic E-state index is 12.3. The number of aliphatic carboxylic acids is 1. The summed E-state index contributed by atoms with van der Waals surface area (Å²) in [5.74, 6) is -1.58. The maximum atomic E-state index is 12.3. The number of benzene rings is 1. The van der Waals surface area contributed by atoms with Gasteiger partial charge in [0.2, 0.25) is 0 Å². The molecule has 0 unspecified atom stereocenters. The first-order chi connectivity index (χ1) is 11.9. The van der Waals surface area contributed by atoms with Gasteiger partial charge in [-0.05, 0) is 17.7 Å². The number of fused-ring (bicyclic) bond motifs is 1. The molecule has 0 bridgehead atoms. The third-order valence-electron chi connectivity index (χ3n) is 3.52. The molecule has 0 atom stereocenters. The third-order valence-corrected chi connectivity index (χ3v) is 4.71. The predicted molar refractivity (Wildman–Crippen MR) is 91.9 cm³/mol. The van der Waals surface area contributed by atoms with Crippen LogP contribution in [0.3, 0.4) is 0 Å². The van der Waals surface area contributed by atoms with Crippen LogP contribution >= 0.6 is 23.4 Å². The first-order valence-electron chi connectivity index (χ1n) is 7.13. The highest BCUT2D eigenvalue weighted by Crippen LogP contribution is 2.23. The zero-order chi connectivity index (χ0) is 18.1. The summed E-state index contributed by atoms with van der Waals surface area (Å²) in [5.41, 5.74) is -0.0239. The van der Waals surface area contributed by atoms with Gasteiger partial charge in [0.15, 0.2) is 16.3 Å². The van der Waals surface area contributed by atoms with E-state index in [4.69, 9.17) is 11.6 Å². The van der Waals surface area contributed by atoms with E-state index in [1.165, 1.54) is 11.6 Å². The number of carboxylic acids is 1. The molecule has 0 radical (unpaired) electrons. The first-order valence-corrected chi connectivity index (χ1v) is 8.50. The van der Waals surface area contributed by atoms with Crippen LogP contribution in [0.4, 0.5) is 0 Å². The van der Waals surface area contributed by atoms with Crippen LogP contribution in [-0.2, 0) is 18.4 Å². The highest BCUT2D eigenvalue weighted by molar-refractivity contribution is 7.99. The number of nitrogens with zero attached hydrogens (tertiary/aromatic N) is 3. The van der Waals surface area contributed by atoms with Gasteiger partial charge in [-0.1, -0.05) is 35.5 Å². The zero-order valence-corrected chi connectivity index (χ0v) is 14.6. The summed E-state index contributed by atoms with van der Waals surface area (Å²) in [6.07, 6.45) is 0. The Morgan fingerprint density at radius 2 is 2.16 bits per heavy atom. The SMILES string of the molecule is Cn1c(=O)[nH]c(=O)c2c1nc(SCC(=O)[O-])n2Cc1cccc(Cl)c1. The van der Waals surface area contributed by atoms with E-state index >= 15 is 0 Å². The van der Waals surface area contributed by atoms with E-state index in [0.29, 0.717) is 10.2 Å². The van der Waals surface area contributed by atoms with Crippen molar-refractivity contribution < 1.29 is 9.90 Å². The number of aromatic amines is 1. The fraction of sp³-hybridized carbons (Fsp3) is 0.200. The van der Waals surface area contributed by atoms with Crippen molar-refractivity contribution in [2.75, 3.05) is 5.75 Å². The number of aryl methyl sites for hydroxylation is 1. The Balaban J connectivity index is 2.20. The molecule has 3 rings (SSSR count). The van der Waals surface area contributed by atoms with Crippen LogP contribution in [0.25, 0.3) is 11.2 Å². The Labute approximate surface area is 150 Å². The lowest BCUT2D eigenvalue weighted by Gasteiger charge is -2.09. The Hall–Kier alpha value is -2.52. The van der Waals surface area contributed by atoms with Crippen molar-refractivity contribution in [2.45, 2.75) is 11.7 Å². The fourth-order valence-corrected chi connectivity index (χ4v) is 3.34. The van der Waals surface area contributed by atoms with Crippen LogP contribution in [0.1, 0.15) is 5.56 Å². The number of nitrogens with one attached hydrogen (secondary N) is 1. The number of imidazole rings is 1. The molecule has 2 aromatic heterocycles. The lowest BCUT2D eigenvalue weighted by atomic mass is 10.2. The largest absolute Gasteiger partial charge is 0.549 e. The highest BCUT2D eigenvalue weighted by atomic mass is 35.5. The van der Waals surface area contributed by atoms with Crippen LogP contribution in [0.2, 0.25) is 5.02 Å². The van der Waals surface area contributed by atoms with Gasteiger partial charge in [-0.15, -0.1) is 0 Å². The quantitative estimate of drug-likeness (QED) is 0.623. The van der Waals surface area contributed by atoms with E-state index < -0.39 is 17.2 Å². The molecule has 0 saturated heterocycles. The van der Waals surface area contributed by atoms with Crippen molar-refractivity contribution in [1.29, 1.82) is 0 Å². The number of carboxylic acid groups (broad SMARTS) is 1. The van der Waals surface area contributed by atoms with E-state index in [0.717, 1.165) is 17.3 Å². The molecule has 1 aromatic carbocycles. The van der Waals surface area contributed by atoms with Crippen LogP contribution < -0.4 is 16.4 Å². The van der Waals surface area contributed by atoms with Gasteiger partial charge in [0.05, 0.1) is 12.5 Å².